The van der Waals surface area contributed by atoms with Crippen LogP contribution in [0.25, 0.3) is 38.3 Å². The van der Waals surface area contributed by atoms with Gasteiger partial charge in [-0.1, -0.05) is 36.4 Å². The van der Waals surface area contributed by atoms with Crippen LogP contribution in [0.4, 0.5) is 23.2 Å². The van der Waals surface area contributed by atoms with E-state index in [-0.39, 0.29) is 28.2 Å². The number of anilines is 1. The number of para-hydroxylation sites is 2. The average Bonchev–Trinajstić information content (AvgIpc) is 3.46. The van der Waals surface area contributed by atoms with Crippen molar-refractivity contribution in [3.8, 4) is 33.8 Å². The third-order valence-electron chi connectivity index (χ3n) is 6.62. The maximum atomic E-state index is 15.6. The van der Waals surface area contributed by atoms with E-state index in [1.165, 1.54) is 54.9 Å². The number of aryl methyl sites for hydroxylation is 1. The van der Waals surface area contributed by atoms with Crippen LogP contribution in [0.1, 0.15) is 16.1 Å². The molecule has 0 radical (unpaired) electrons. The van der Waals surface area contributed by atoms with Gasteiger partial charge in [-0.15, -0.1) is 24.5 Å². The molecule has 0 aliphatic heterocycles. The molecule has 0 atom stereocenters. The van der Waals surface area contributed by atoms with Gasteiger partial charge in [0.15, 0.2) is 11.4 Å². The molecule has 6 aromatic rings. The van der Waals surface area contributed by atoms with Crippen LogP contribution < -0.4 is 15.6 Å². The Morgan fingerprint density at radius 3 is 2.45 bits per heavy atom. The Morgan fingerprint density at radius 2 is 1.68 bits per heavy atom. The first-order chi connectivity index (χ1) is 21.1. The van der Waals surface area contributed by atoms with E-state index in [0.717, 1.165) is 28.4 Å². The number of aromatic nitrogens is 4. The van der Waals surface area contributed by atoms with E-state index < -0.39 is 29.4 Å². The lowest BCUT2D eigenvalue weighted by molar-refractivity contribution is -0.274. The summed E-state index contributed by atoms with van der Waals surface area (Å²) < 4.78 is 59.1. The zero-order valence-electron chi connectivity index (χ0n) is 22.6. The SMILES string of the molecule is Cc1cc(=O)n(-c2ccccc2OC(F)(F)F)nc1C(=O)Nc1ccc(-c2ccccc2-c2ncnc3sccc23)c(F)c1. The maximum Gasteiger partial charge on any atom is 0.573 e. The standard InChI is InChI=1S/C31H19F4N5O3S/c1-17-14-26(41)40(24-8-4-5-9-25(24)43-31(33,34)35)39-27(17)29(42)38-18-10-11-20(23(32)15-18)19-6-2-3-7-21(19)28-22-12-13-44-30(22)37-16-36-28/h2-16H,1H3,(H,38,42). The minimum Gasteiger partial charge on any atom is -0.403 e. The van der Waals surface area contributed by atoms with E-state index in [0.29, 0.717) is 21.5 Å². The normalized spacial score (nSPS) is 11.5. The first-order valence-corrected chi connectivity index (χ1v) is 13.8. The van der Waals surface area contributed by atoms with E-state index >= 15 is 4.39 Å². The van der Waals surface area contributed by atoms with Crippen molar-refractivity contribution < 1.29 is 27.1 Å². The molecule has 0 fully saturated rings. The minimum atomic E-state index is -5.02. The topological polar surface area (TPSA) is 99.0 Å². The molecule has 3 aromatic heterocycles. The summed E-state index contributed by atoms with van der Waals surface area (Å²) in [6, 6.07) is 19.2. The van der Waals surface area contributed by atoms with E-state index in [2.05, 4.69) is 25.1 Å². The van der Waals surface area contributed by atoms with Crippen LogP contribution in [0, 0.1) is 12.7 Å². The summed E-state index contributed by atoms with van der Waals surface area (Å²) in [5.41, 5.74) is 1.10. The second kappa shape index (κ2) is 11.3. The number of carbonyl (C=O) groups excluding carboxylic acids is 1. The Morgan fingerprint density at radius 1 is 0.932 bits per heavy atom. The third-order valence-corrected chi connectivity index (χ3v) is 7.44. The fourth-order valence-corrected chi connectivity index (χ4v) is 5.45. The van der Waals surface area contributed by atoms with Gasteiger partial charge >= 0.3 is 6.36 Å². The summed E-state index contributed by atoms with van der Waals surface area (Å²) >= 11 is 1.47. The summed E-state index contributed by atoms with van der Waals surface area (Å²) in [7, 11) is 0. The van der Waals surface area contributed by atoms with Gasteiger partial charge in [-0.3, -0.25) is 9.59 Å². The smallest absolute Gasteiger partial charge is 0.403 e. The van der Waals surface area contributed by atoms with E-state index in [4.69, 9.17) is 0 Å². The molecule has 0 aliphatic carbocycles. The number of halogens is 4. The molecule has 8 nitrogen and oxygen atoms in total. The molecule has 6 rings (SSSR count). The van der Waals surface area contributed by atoms with Crippen LogP contribution in [-0.2, 0) is 0 Å². The molecule has 3 heterocycles. The zero-order chi connectivity index (χ0) is 31.0. The van der Waals surface area contributed by atoms with Crippen LogP contribution in [0.2, 0.25) is 0 Å². The Bertz CT molecular complexity index is 2110. The fourth-order valence-electron chi connectivity index (χ4n) is 4.71. The molecule has 0 unspecified atom stereocenters. The van der Waals surface area contributed by atoms with Gasteiger partial charge in [0.1, 0.15) is 22.7 Å². The van der Waals surface area contributed by atoms with E-state index in [9.17, 15) is 22.8 Å². The molecule has 220 valence electrons. The highest BCUT2D eigenvalue weighted by atomic mass is 32.1. The summed E-state index contributed by atoms with van der Waals surface area (Å²) in [5.74, 6) is -2.11. The highest BCUT2D eigenvalue weighted by Crippen LogP contribution is 2.37. The lowest BCUT2D eigenvalue weighted by Crippen LogP contribution is -2.28. The van der Waals surface area contributed by atoms with Gasteiger partial charge in [-0.25, -0.2) is 14.4 Å². The summed E-state index contributed by atoms with van der Waals surface area (Å²) in [6.07, 6.45) is -3.56. The minimum absolute atomic E-state index is 0.0933. The second-order valence-electron chi connectivity index (χ2n) is 9.50. The quantitative estimate of drug-likeness (QED) is 0.199. The predicted octanol–water partition coefficient (Wildman–Crippen LogP) is 7.17. The lowest BCUT2D eigenvalue weighted by Gasteiger charge is -2.15. The highest BCUT2D eigenvalue weighted by molar-refractivity contribution is 7.16. The van der Waals surface area contributed by atoms with Crippen molar-refractivity contribution in [2.24, 2.45) is 0 Å². The number of ether oxygens (including phenoxy) is 1. The van der Waals surface area contributed by atoms with Gasteiger partial charge in [0.2, 0.25) is 0 Å². The van der Waals surface area contributed by atoms with Crippen molar-refractivity contribution in [2.45, 2.75) is 13.3 Å². The van der Waals surface area contributed by atoms with Gasteiger partial charge in [-0.2, -0.15) is 9.78 Å². The van der Waals surface area contributed by atoms with Crippen molar-refractivity contribution in [3.63, 3.8) is 0 Å². The number of nitrogens with one attached hydrogen (secondary N) is 1. The molecule has 0 bridgehead atoms. The van der Waals surface area contributed by atoms with E-state index in [1.54, 1.807) is 12.1 Å². The number of hydrogen-bond donors (Lipinski definition) is 1. The number of nitrogens with zero attached hydrogens (tertiary/aromatic N) is 4. The second-order valence-corrected chi connectivity index (χ2v) is 10.4. The number of hydrogen-bond acceptors (Lipinski definition) is 7. The van der Waals surface area contributed by atoms with Crippen molar-refractivity contribution in [2.75, 3.05) is 5.32 Å². The molecule has 0 spiro atoms. The first-order valence-electron chi connectivity index (χ1n) is 12.9. The largest absolute Gasteiger partial charge is 0.573 e. The summed E-state index contributed by atoms with van der Waals surface area (Å²) in [5, 5.41) is 9.31. The van der Waals surface area contributed by atoms with Crippen molar-refractivity contribution in [3.05, 3.63) is 118 Å². The molecule has 0 saturated carbocycles. The third kappa shape index (κ3) is 5.64. The zero-order valence-corrected chi connectivity index (χ0v) is 23.4. The number of benzene rings is 3. The predicted molar refractivity (Wildman–Crippen MR) is 157 cm³/mol. The molecule has 0 saturated heterocycles. The molecule has 1 N–H and O–H groups in total. The highest BCUT2D eigenvalue weighted by Gasteiger charge is 2.32. The maximum absolute atomic E-state index is 15.6. The van der Waals surface area contributed by atoms with Crippen molar-refractivity contribution in [1.82, 2.24) is 19.7 Å². The number of thiophene rings is 1. The van der Waals surface area contributed by atoms with Gasteiger partial charge in [0.05, 0.1) is 5.69 Å². The number of alkyl halides is 3. The fraction of sp³-hybridized carbons (Fsp3) is 0.0645. The van der Waals surface area contributed by atoms with Crippen LogP contribution >= 0.6 is 11.3 Å². The number of carbonyl (C=O) groups is 1. The van der Waals surface area contributed by atoms with Crippen molar-refractivity contribution >= 4 is 33.1 Å². The van der Waals surface area contributed by atoms with Gasteiger partial charge < -0.3 is 10.1 Å². The Hall–Kier alpha value is -5.43. The molecule has 0 aliphatic rings. The summed E-state index contributed by atoms with van der Waals surface area (Å²) in [6.45, 7) is 1.45. The molecular formula is C31H19F4N5O3S. The Labute approximate surface area is 250 Å². The number of fused-ring (bicyclic) bond motifs is 1. The monoisotopic (exact) mass is 617 g/mol. The number of rotatable bonds is 6. The average molecular weight is 618 g/mol. The van der Waals surface area contributed by atoms with Gasteiger partial charge in [0.25, 0.3) is 11.5 Å². The van der Waals surface area contributed by atoms with Gasteiger partial charge in [-0.05, 0) is 59.8 Å². The molecule has 13 heteroatoms. The van der Waals surface area contributed by atoms with Crippen LogP contribution in [-0.4, -0.2) is 32.0 Å². The van der Waals surface area contributed by atoms with Crippen LogP contribution in [0.5, 0.6) is 5.75 Å². The van der Waals surface area contributed by atoms with Crippen LogP contribution in [0.3, 0.4) is 0 Å². The molecule has 3 aromatic carbocycles. The Kier molecular flexibility index (Phi) is 7.39. The molecule has 1 amide bonds. The molecular weight excluding hydrogens is 598 g/mol. The van der Waals surface area contributed by atoms with Crippen LogP contribution in [0.15, 0.2) is 95.4 Å². The first kappa shape index (κ1) is 28.7. The lowest BCUT2D eigenvalue weighted by atomic mass is 9.96. The van der Waals surface area contributed by atoms with E-state index in [1.807, 2.05) is 23.6 Å². The molecule has 44 heavy (non-hydrogen) atoms. The van der Waals surface area contributed by atoms with Gasteiger partial charge in [0, 0.05) is 28.3 Å². The van der Waals surface area contributed by atoms with Crippen molar-refractivity contribution in [1.29, 1.82) is 0 Å². The summed E-state index contributed by atoms with van der Waals surface area (Å²) in [4.78, 5) is 35.4. The Balaban J connectivity index is 1.31. The number of amides is 1.